The van der Waals surface area contributed by atoms with Crippen LogP contribution >= 0.6 is 11.8 Å². The van der Waals surface area contributed by atoms with Crippen molar-refractivity contribution in [3.05, 3.63) is 80.7 Å². The van der Waals surface area contributed by atoms with E-state index in [9.17, 15) is 10.1 Å². The Morgan fingerprint density at radius 3 is 2.39 bits per heavy atom. The van der Waals surface area contributed by atoms with E-state index in [4.69, 9.17) is 0 Å². The van der Waals surface area contributed by atoms with Gasteiger partial charge < -0.3 is 0 Å². The zero-order chi connectivity index (χ0) is 20.3. The third kappa shape index (κ3) is 4.42. The molecule has 3 aromatic rings. The molecule has 0 N–H and O–H groups in total. The second-order valence-corrected chi connectivity index (χ2v) is 8.02. The minimum absolute atomic E-state index is 0.172. The summed E-state index contributed by atoms with van der Waals surface area (Å²) >= 11 is 1.38. The Labute approximate surface area is 169 Å². The largest absolute Gasteiger partial charge is 0.274 e. The van der Waals surface area contributed by atoms with Crippen molar-refractivity contribution in [2.75, 3.05) is 6.54 Å². The predicted octanol–water partition coefficient (Wildman–Crippen LogP) is 4.87. The number of nitrogens with zero attached hydrogens (tertiary/aromatic N) is 4. The molecule has 0 saturated heterocycles. The number of aromatic nitrogens is 3. The zero-order valence-electron chi connectivity index (χ0n) is 16.5. The molecular formula is C21H24N4O2S. The minimum atomic E-state index is -0.338. The second kappa shape index (κ2) is 8.56. The van der Waals surface area contributed by atoms with Crippen LogP contribution in [0.1, 0.15) is 40.3 Å². The molecule has 0 spiro atoms. The van der Waals surface area contributed by atoms with E-state index in [0.29, 0.717) is 5.16 Å². The molecule has 28 heavy (non-hydrogen) atoms. The van der Waals surface area contributed by atoms with Crippen molar-refractivity contribution in [2.45, 2.75) is 44.5 Å². The number of hydrogen-bond donors (Lipinski definition) is 0. The molecule has 0 radical (unpaired) electrons. The normalized spacial score (nSPS) is 12.1. The van der Waals surface area contributed by atoms with E-state index in [2.05, 4.69) is 43.1 Å². The van der Waals surface area contributed by atoms with E-state index in [1.54, 1.807) is 0 Å². The molecule has 1 heterocycles. The summed E-state index contributed by atoms with van der Waals surface area (Å²) in [4.78, 5) is 11.0. The van der Waals surface area contributed by atoms with Gasteiger partial charge in [0.05, 0.1) is 0 Å². The molecule has 7 heteroatoms. The fourth-order valence-electron chi connectivity index (χ4n) is 3.02. The second-order valence-electron chi connectivity index (χ2n) is 6.85. The summed E-state index contributed by atoms with van der Waals surface area (Å²) in [5.74, 6) is 0.756. The molecule has 6 nitrogen and oxygen atoms in total. The summed E-state index contributed by atoms with van der Waals surface area (Å²) in [6.45, 7) is 7.95. The van der Waals surface area contributed by atoms with Crippen LogP contribution in [-0.2, 0) is 6.42 Å². The van der Waals surface area contributed by atoms with Crippen LogP contribution in [0.2, 0.25) is 0 Å². The Hall–Kier alpha value is -2.67. The van der Waals surface area contributed by atoms with Crippen molar-refractivity contribution in [3.63, 3.8) is 0 Å². The van der Waals surface area contributed by atoms with Gasteiger partial charge in [0.25, 0.3) is 0 Å². The summed E-state index contributed by atoms with van der Waals surface area (Å²) in [7, 11) is 0. The molecule has 0 saturated carbocycles. The van der Waals surface area contributed by atoms with E-state index < -0.39 is 0 Å². The van der Waals surface area contributed by atoms with Gasteiger partial charge in [-0.1, -0.05) is 49.0 Å². The molecule has 1 atom stereocenters. The summed E-state index contributed by atoms with van der Waals surface area (Å²) in [5, 5.41) is 20.1. The van der Waals surface area contributed by atoms with Crippen LogP contribution in [0.4, 0.5) is 0 Å². The Kier molecular flexibility index (Phi) is 6.14. The van der Waals surface area contributed by atoms with Gasteiger partial charge in [-0.05, 0) is 61.6 Å². The van der Waals surface area contributed by atoms with E-state index in [0.717, 1.165) is 23.5 Å². The van der Waals surface area contributed by atoms with Crippen molar-refractivity contribution >= 4 is 11.8 Å². The van der Waals surface area contributed by atoms with Gasteiger partial charge >= 0.3 is 0 Å². The summed E-state index contributed by atoms with van der Waals surface area (Å²) in [6, 6.07) is 14.2. The lowest BCUT2D eigenvalue weighted by Gasteiger charge is -2.15. The fourth-order valence-corrected chi connectivity index (χ4v) is 4.20. The standard InChI is InChI=1S/C21H24N4O2S/c1-5-17-7-9-18(10-8-17)20(13-24(26)27)28-21-23-22-16(4)25(21)19-11-6-14(2)15(3)12-19/h6-12,20H,5,13H2,1-4H3/t20-/m1/s1. The molecule has 3 rings (SSSR count). The van der Waals surface area contributed by atoms with Crippen LogP contribution in [0.5, 0.6) is 0 Å². The Morgan fingerprint density at radius 1 is 1.07 bits per heavy atom. The Bertz CT molecular complexity index is 983. The molecule has 0 unspecified atom stereocenters. The molecular weight excluding hydrogens is 372 g/mol. The molecule has 0 bridgehead atoms. The summed E-state index contributed by atoms with van der Waals surface area (Å²) in [6.07, 6.45) is 0.938. The highest BCUT2D eigenvalue weighted by molar-refractivity contribution is 7.99. The van der Waals surface area contributed by atoms with Crippen molar-refractivity contribution in [1.29, 1.82) is 0 Å². The van der Waals surface area contributed by atoms with Crippen LogP contribution in [0.25, 0.3) is 5.69 Å². The number of thioether (sulfide) groups is 1. The molecule has 1 aromatic heterocycles. The summed E-state index contributed by atoms with van der Waals surface area (Å²) in [5.41, 5.74) is 5.49. The van der Waals surface area contributed by atoms with Crippen LogP contribution in [-0.4, -0.2) is 26.2 Å². The van der Waals surface area contributed by atoms with Gasteiger partial charge in [0.2, 0.25) is 6.54 Å². The van der Waals surface area contributed by atoms with Gasteiger partial charge in [-0.2, -0.15) is 0 Å². The maximum Gasteiger partial charge on any atom is 0.220 e. The van der Waals surface area contributed by atoms with E-state index in [1.807, 2.05) is 41.8 Å². The number of aryl methyl sites for hydroxylation is 4. The van der Waals surface area contributed by atoms with Gasteiger partial charge in [-0.15, -0.1) is 10.2 Å². The lowest BCUT2D eigenvalue weighted by molar-refractivity contribution is -0.479. The molecule has 146 valence electrons. The molecule has 0 aliphatic heterocycles. The maximum atomic E-state index is 11.3. The topological polar surface area (TPSA) is 73.8 Å². The SMILES string of the molecule is CCc1ccc([C@@H](C[N+](=O)[O-])Sc2nnc(C)n2-c2ccc(C)c(C)c2)cc1. The average molecular weight is 397 g/mol. The van der Waals surface area contributed by atoms with Crippen LogP contribution in [0, 0.1) is 30.9 Å². The van der Waals surface area contributed by atoms with Gasteiger partial charge in [0.15, 0.2) is 5.16 Å². The van der Waals surface area contributed by atoms with E-state index >= 15 is 0 Å². The Morgan fingerprint density at radius 2 is 1.79 bits per heavy atom. The summed E-state index contributed by atoms with van der Waals surface area (Å²) < 4.78 is 1.96. The van der Waals surface area contributed by atoms with Gasteiger partial charge in [-0.25, -0.2) is 0 Å². The molecule has 0 fully saturated rings. The van der Waals surface area contributed by atoms with Crippen molar-refractivity contribution in [2.24, 2.45) is 0 Å². The quantitative estimate of drug-likeness (QED) is 0.324. The highest BCUT2D eigenvalue weighted by Crippen LogP contribution is 2.36. The van der Waals surface area contributed by atoms with Gasteiger partial charge in [-0.3, -0.25) is 14.7 Å². The van der Waals surface area contributed by atoms with Crippen molar-refractivity contribution < 1.29 is 4.92 Å². The number of benzene rings is 2. The monoisotopic (exact) mass is 396 g/mol. The van der Waals surface area contributed by atoms with E-state index in [1.165, 1.54) is 28.5 Å². The highest BCUT2D eigenvalue weighted by Gasteiger charge is 2.23. The Balaban J connectivity index is 1.97. The highest BCUT2D eigenvalue weighted by atomic mass is 32.2. The number of rotatable bonds is 7. The van der Waals surface area contributed by atoms with Crippen LogP contribution in [0.3, 0.4) is 0 Å². The molecule has 0 aliphatic carbocycles. The van der Waals surface area contributed by atoms with Crippen molar-refractivity contribution in [3.8, 4) is 5.69 Å². The third-order valence-electron chi connectivity index (χ3n) is 4.87. The average Bonchev–Trinajstić information content (AvgIpc) is 3.03. The fraction of sp³-hybridized carbons (Fsp3) is 0.333. The first-order chi connectivity index (χ1) is 13.4. The van der Waals surface area contributed by atoms with Crippen molar-refractivity contribution in [1.82, 2.24) is 14.8 Å². The smallest absolute Gasteiger partial charge is 0.220 e. The van der Waals surface area contributed by atoms with Crippen LogP contribution in [0.15, 0.2) is 47.6 Å². The lowest BCUT2D eigenvalue weighted by atomic mass is 10.1. The van der Waals surface area contributed by atoms with Gasteiger partial charge in [0, 0.05) is 10.6 Å². The molecule has 2 aromatic carbocycles. The molecule has 0 amide bonds. The van der Waals surface area contributed by atoms with Gasteiger partial charge in [0.1, 0.15) is 11.1 Å². The van der Waals surface area contributed by atoms with E-state index in [-0.39, 0.29) is 16.7 Å². The first-order valence-electron chi connectivity index (χ1n) is 9.26. The lowest BCUT2D eigenvalue weighted by Crippen LogP contribution is -2.11. The number of nitro groups is 1. The zero-order valence-corrected chi connectivity index (χ0v) is 17.4. The predicted molar refractivity (Wildman–Crippen MR) is 112 cm³/mol. The third-order valence-corrected chi connectivity index (χ3v) is 6.05. The molecule has 0 aliphatic rings. The number of hydrogen-bond acceptors (Lipinski definition) is 5. The first-order valence-corrected chi connectivity index (χ1v) is 10.1. The minimum Gasteiger partial charge on any atom is -0.274 e. The maximum absolute atomic E-state index is 11.3. The first kappa shape index (κ1) is 20.1. The van der Waals surface area contributed by atoms with Crippen LogP contribution < -0.4 is 0 Å².